The molecule has 0 aliphatic rings. The van der Waals surface area contributed by atoms with Crippen molar-refractivity contribution in [1.82, 2.24) is 4.98 Å². The van der Waals surface area contributed by atoms with Gasteiger partial charge >= 0.3 is 0 Å². The third kappa shape index (κ3) is 2.95. The van der Waals surface area contributed by atoms with Gasteiger partial charge in [0, 0.05) is 19.3 Å². The number of nitriles is 1. The topological polar surface area (TPSA) is 39.9 Å². The van der Waals surface area contributed by atoms with E-state index in [0.29, 0.717) is 11.6 Å². The van der Waals surface area contributed by atoms with Gasteiger partial charge in [0.25, 0.3) is 0 Å². The van der Waals surface area contributed by atoms with Crippen molar-refractivity contribution in [2.45, 2.75) is 20.8 Å². The summed E-state index contributed by atoms with van der Waals surface area (Å²) in [5.74, 6) is 0.580. The highest BCUT2D eigenvalue weighted by atomic mass is 15.1. The summed E-state index contributed by atoms with van der Waals surface area (Å²) in [7, 11) is 0. The van der Waals surface area contributed by atoms with E-state index in [9.17, 15) is 0 Å². The standard InChI is InChI=1S/C12H17N3/c1-4-15(9-10(2)3)12-6-5-7-14-11(12)8-13/h5-7,10H,4,9H2,1-3H3. The molecule has 0 aliphatic heterocycles. The van der Waals surface area contributed by atoms with E-state index in [1.165, 1.54) is 0 Å². The first kappa shape index (κ1) is 11.5. The first-order valence-electron chi connectivity index (χ1n) is 5.29. The number of hydrogen-bond donors (Lipinski definition) is 0. The predicted molar refractivity (Wildman–Crippen MR) is 61.7 cm³/mol. The quantitative estimate of drug-likeness (QED) is 0.754. The van der Waals surface area contributed by atoms with Crippen molar-refractivity contribution in [3.8, 4) is 6.07 Å². The summed E-state index contributed by atoms with van der Waals surface area (Å²) in [6.45, 7) is 8.29. The number of nitrogens with zero attached hydrogens (tertiary/aromatic N) is 3. The van der Waals surface area contributed by atoms with Crippen molar-refractivity contribution in [1.29, 1.82) is 5.26 Å². The summed E-state index contributed by atoms with van der Waals surface area (Å²) in [5, 5.41) is 8.96. The van der Waals surface area contributed by atoms with E-state index >= 15 is 0 Å². The fraction of sp³-hybridized carbons (Fsp3) is 0.500. The van der Waals surface area contributed by atoms with Crippen LogP contribution in [0.2, 0.25) is 0 Å². The molecular formula is C12H17N3. The SMILES string of the molecule is CCN(CC(C)C)c1cccnc1C#N. The van der Waals surface area contributed by atoms with Gasteiger partial charge < -0.3 is 4.90 Å². The smallest absolute Gasteiger partial charge is 0.163 e. The molecular weight excluding hydrogens is 186 g/mol. The molecule has 0 N–H and O–H groups in total. The fourth-order valence-corrected chi connectivity index (χ4v) is 1.58. The lowest BCUT2D eigenvalue weighted by Gasteiger charge is -2.25. The van der Waals surface area contributed by atoms with Crippen LogP contribution in [-0.2, 0) is 0 Å². The van der Waals surface area contributed by atoms with Gasteiger partial charge in [-0.1, -0.05) is 13.8 Å². The van der Waals surface area contributed by atoms with Crippen LogP contribution in [0.4, 0.5) is 5.69 Å². The van der Waals surface area contributed by atoms with Crippen LogP contribution in [0.3, 0.4) is 0 Å². The predicted octanol–water partition coefficient (Wildman–Crippen LogP) is 2.44. The average Bonchev–Trinajstić information content (AvgIpc) is 2.25. The Balaban J connectivity index is 2.96. The molecule has 0 atom stereocenters. The van der Waals surface area contributed by atoms with Crippen LogP contribution in [0.5, 0.6) is 0 Å². The summed E-state index contributed by atoms with van der Waals surface area (Å²) in [4.78, 5) is 6.26. The highest BCUT2D eigenvalue weighted by Gasteiger charge is 2.11. The maximum absolute atomic E-state index is 8.96. The zero-order valence-electron chi connectivity index (χ0n) is 9.57. The van der Waals surface area contributed by atoms with Crippen molar-refractivity contribution < 1.29 is 0 Å². The largest absolute Gasteiger partial charge is 0.369 e. The van der Waals surface area contributed by atoms with Crippen molar-refractivity contribution in [3.05, 3.63) is 24.0 Å². The minimum Gasteiger partial charge on any atom is -0.369 e. The van der Waals surface area contributed by atoms with Crippen LogP contribution in [0, 0.1) is 17.2 Å². The maximum atomic E-state index is 8.96. The number of pyridine rings is 1. The Morgan fingerprint density at radius 1 is 1.53 bits per heavy atom. The van der Waals surface area contributed by atoms with E-state index in [1.54, 1.807) is 6.20 Å². The monoisotopic (exact) mass is 203 g/mol. The van der Waals surface area contributed by atoms with Gasteiger partial charge in [-0.15, -0.1) is 0 Å². The molecule has 0 radical (unpaired) electrons. The summed E-state index contributed by atoms with van der Waals surface area (Å²) in [6.07, 6.45) is 1.66. The Morgan fingerprint density at radius 2 is 2.27 bits per heavy atom. The number of aromatic nitrogens is 1. The van der Waals surface area contributed by atoms with Crippen LogP contribution in [0.15, 0.2) is 18.3 Å². The Hall–Kier alpha value is -1.56. The van der Waals surface area contributed by atoms with Crippen molar-refractivity contribution in [2.24, 2.45) is 5.92 Å². The molecule has 1 heterocycles. The molecule has 0 fully saturated rings. The number of anilines is 1. The molecule has 3 nitrogen and oxygen atoms in total. The second-order valence-electron chi connectivity index (χ2n) is 3.92. The molecule has 0 aromatic carbocycles. The zero-order valence-corrected chi connectivity index (χ0v) is 9.57. The normalized spacial score (nSPS) is 10.1. The minimum atomic E-state index is 0.514. The lowest BCUT2D eigenvalue weighted by molar-refractivity contribution is 0.618. The van der Waals surface area contributed by atoms with Gasteiger partial charge in [-0.2, -0.15) is 5.26 Å². The molecule has 0 saturated heterocycles. The van der Waals surface area contributed by atoms with Crippen LogP contribution >= 0.6 is 0 Å². The molecule has 1 aromatic rings. The van der Waals surface area contributed by atoms with Gasteiger partial charge in [-0.05, 0) is 25.0 Å². The van der Waals surface area contributed by atoms with Crippen molar-refractivity contribution in [3.63, 3.8) is 0 Å². The lowest BCUT2D eigenvalue weighted by Crippen LogP contribution is -2.28. The third-order valence-electron chi connectivity index (χ3n) is 2.20. The molecule has 0 amide bonds. The fourth-order valence-electron chi connectivity index (χ4n) is 1.58. The van der Waals surface area contributed by atoms with E-state index in [4.69, 9.17) is 5.26 Å². The lowest BCUT2D eigenvalue weighted by atomic mass is 10.2. The molecule has 0 unspecified atom stereocenters. The van der Waals surface area contributed by atoms with Gasteiger partial charge in [0.2, 0.25) is 0 Å². The second-order valence-corrected chi connectivity index (χ2v) is 3.92. The first-order chi connectivity index (χ1) is 7.19. The second kappa shape index (κ2) is 5.35. The van der Waals surface area contributed by atoms with Crippen LogP contribution in [0.1, 0.15) is 26.5 Å². The Labute approximate surface area is 91.4 Å². The molecule has 3 heteroatoms. The zero-order chi connectivity index (χ0) is 11.3. The van der Waals surface area contributed by atoms with E-state index in [2.05, 4.69) is 36.7 Å². The van der Waals surface area contributed by atoms with Crippen molar-refractivity contribution in [2.75, 3.05) is 18.0 Å². The highest BCUT2D eigenvalue weighted by Crippen LogP contribution is 2.18. The Morgan fingerprint density at radius 3 is 2.80 bits per heavy atom. The Kier molecular flexibility index (Phi) is 4.11. The molecule has 15 heavy (non-hydrogen) atoms. The van der Waals surface area contributed by atoms with E-state index < -0.39 is 0 Å². The number of hydrogen-bond acceptors (Lipinski definition) is 3. The average molecular weight is 203 g/mol. The summed E-state index contributed by atoms with van der Waals surface area (Å²) < 4.78 is 0. The summed E-state index contributed by atoms with van der Waals surface area (Å²) in [6, 6.07) is 5.96. The molecule has 80 valence electrons. The van der Waals surface area contributed by atoms with Gasteiger partial charge in [-0.25, -0.2) is 4.98 Å². The highest BCUT2D eigenvalue weighted by molar-refractivity contribution is 5.55. The van der Waals surface area contributed by atoms with Crippen LogP contribution < -0.4 is 4.90 Å². The molecule has 0 bridgehead atoms. The third-order valence-corrected chi connectivity index (χ3v) is 2.20. The maximum Gasteiger partial charge on any atom is 0.163 e. The molecule has 0 saturated carbocycles. The van der Waals surface area contributed by atoms with Crippen LogP contribution in [0.25, 0.3) is 0 Å². The summed E-state index contributed by atoms with van der Waals surface area (Å²) >= 11 is 0. The summed E-state index contributed by atoms with van der Waals surface area (Å²) in [5.41, 5.74) is 1.45. The molecule has 1 rings (SSSR count). The van der Waals surface area contributed by atoms with Crippen LogP contribution in [-0.4, -0.2) is 18.1 Å². The van der Waals surface area contributed by atoms with E-state index in [-0.39, 0.29) is 0 Å². The van der Waals surface area contributed by atoms with Crippen molar-refractivity contribution >= 4 is 5.69 Å². The molecule has 0 spiro atoms. The van der Waals surface area contributed by atoms with E-state index in [1.807, 2.05) is 12.1 Å². The Bertz CT molecular complexity index is 352. The van der Waals surface area contributed by atoms with Gasteiger partial charge in [0.05, 0.1) is 5.69 Å². The molecule has 0 aliphatic carbocycles. The van der Waals surface area contributed by atoms with E-state index in [0.717, 1.165) is 18.8 Å². The first-order valence-corrected chi connectivity index (χ1v) is 5.29. The minimum absolute atomic E-state index is 0.514. The van der Waals surface area contributed by atoms with Gasteiger partial charge in [0.15, 0.2) is 5.69 Å². The number of rotatable bonds is 4. The van der Waals surface area contributed by atoms with Gasteiger partial charge in [-0.3, -0.25) is 0 Å². The van der Waals surface area contributed by atoms with Gasteiger partial charge in [0.1, 0.15) is 6.07 Å². The molecule has 1 aromatic heterocycles.